The Labute approximate surface area is 119 Å². The zero-order valence-electron chi connectivity index (χ0n) is 11.9. The molecule has 3 aliphatic heterocycles. The Balaban J connectivity index is 1.61. The van der Waals surface area contributed by atoms with E-state index >= 15 is 0 Å². The first-order valence-corrected chi connectivity index (χ1v) is 7.90. The molecular formula is C15H24N2O3. The van der Waals surface area contributed by atoms with Crippen molar-refractivity contribution < 1.29 is 14.7 Å². The van der Waals surface area contributed by atoms with Crippen LogP contribution in [0.3, 0.4) is 0 Å². The number of carboxylic acids is 1. The number of carbonyl (C=O) groups excluding carboxylic acids is 1. The van der Waals surface area contributed by atoms with Crippen molar-refractivity contribution in [1.29, 1.82) is 0 Å². The molecule has 1 aliphatic carbocycles. The Morgan fingerprint density at radius 1 is 1.00 bits per heavy atom. The number of carbonyl (C=O) groups is 2. The van der Waals surface area contributed by atoms with Crippen LogP contribution in [-0.4, -0.2) is 47.6 Å². The molecule has 0 aromatic heterocycles. The van der Waals surface area contributed by atoms with Crippen LogP contribution in [0.4, 0.5) is 0 Å². The van der Waals surface area contributed by atoms with E-state index in [0.717, 1.165) is 51.7 Å². The molecule has 5 nitrogen and oxygen atoms in total. The minimum absolute atomic E-state index is 0.0177. The number of piperidine rings is 3. The average molecular weight is 280 g/mol. The van der Waals surface area contributed by atoms with Crippen LogP contribution in [0.25, 0.3) is 0 Å². The fourth-order valence-corrected chi connectivity index (χ4v) is 4.16. The molecule has 3 saturated heterocycles. The first-order valence-electron chi connectivity index (χ1n) is 7.90. The molecule has 0 spiro atoms. The summed E-state index contributed by atoms with van der Waals surface area (Å²) in [5.41, 5.74) is 0. The molecule has 4 aliphatic rings. The van der Waals surface area contributed by atoms with Crippen LogP contribution in [0.5, 0.6) is 0 Å². The topological polar surface area (TPSA) is 69.6 Å². The van der Waals surface area contributed by atoms with Crippen LogP contribution in [-0.2, 0) is 9.59 Å². The fourth-order valence-electron chi connectivity index (χ4n) is 4.16. The number of nitrogens with one attached hydrogen (secondary N) is 1. The van der Waals surface area contributed by atoms with E-state index in [0.29, 0.717) is 12.3 Å². The van der Waals surface area contributed by atoms with Gasteiger partial charge in [-0.25, -0.2) is 0 Å². The Morgan fingerprint density at radius 2 is 1.65 bits per heavy atom. The van der Waals surface area contributed by atoms with Crippen LogP contribution in [0, 0.1) is 17.8 Å². The summed E-state index contributed by atoms with van der Waals surface area (Å²) >= 11 is 0. The molecule has 1 amide bonds. The quantitative estimate of drug-likeness (QED) is 0.812. The van der Waals surface area contributed by atoms with E-state index in [1.165, 1.54) is 0 Å². The SMILES string of the molecule is O=C(O)C1CCCCC1C(=O)NC1CN2CCC1CC2. The van der Waals surface area contributed by atoms with Crippen molar-refractivity contribution in [3.8, 4) is 0 Å². The third-order valence-corrected chi connectivity index (χ3v) is 5.40. The molecule has 2 bridgehead atoms. The number of carboxylic acid groups (broad SMARTS) is 1. The van der Waals surface area contributed by atoms with Gasteiger partial charge in [0, 0.05) is 12.6 Å². The molecule has 5 heteroatoms. The molecule has 4 rings (SSSR count). The normalized spacial score (nSPS) is 40.3. The molecule has 3 heterocycles. The van der Waals surface area contributed by atoms with Crippen molar-refractivity contribution >= 4 is 11.9 Å². The van der Waals surface area contributed by atoms with Gasteiger partial charge in [0.15, 0.2) is 0 Å². The van der Waals surface area contributed by atoms with Gasteiger partial charge in [0.05, 0.1) is 11.8 Å². The van der Waals surface area contributed by atoms with Gasteiger partial charge in [0.25, 0.3) is 0 Å². The smallest absolute Gasteiger partial charge is 0.307 e. The van der Waals surface area contributed by atoms with Gasteiger partial charge in [-0.15, -0.1) is 0 Å². The predicted octanol–water partition coefficient (Wildman–Crippen LogP) is 1.09. The van der Waals surface area contributed by atoms with E-state index in [1.807, 2.05) is 0 Å². The van der Waals surface area contributed by atoms with Crippen molar-refractivity contribution in [2.45, 2.75) is 44.6 Å². The predicted molar refractivity (Wildman–Crippen MR) is 74.2 cm³/mol. The minimum atomic E-state index is -0.807. The van der Waals surface area contributed by atoms with Gasteiger partial charge in [0.2, 0.25) is 5.91 Å². The van der Waals surface area contributed by atoms with Crippen molar-refractivity contribution in [3.05, 3.63) is 0 Å². The summed E-state index contributed by atoms with van der Waals surface area (Å²) in [5, 5.41) is 12.4. The molecule has 20 heavy (non-hydrogen) atoms. The van der Waals surface area contributed by atoms with E-state index in [-0.39, 0.29) is 17.9 Å². The van der Waals surface area contributed by atoms with Gasteiger partial charge in [-0.1, -0.05) is 12.8 Å². The molecule has 1 saturated carbocycles. The molecule has 0 radical (unpaired) electrons. The lowest BCUT2D eigenvalue weighted by atomic mass is 9.78. The average Bonchev–Trinajstić information content (AvgIpc) is 2.48. The highest BCUT2D eigenvalue weighted by Crippen LogP contribution is 2.32. The summed E-state index contributed by atoms with van der Waals surface area (Å²) in [6.45, 7) is 3.25. The highest BCUT2D eigenvalue weighted by molar-refractivity contribution is 5.85. The number of amides is 1. The zero-order valence-corrected chi connectivity index (χ0v) is 11.9. The second-order valence-electron chi connectivity index (χ2n) is 6.59. The Hall–Kier alpha value is -1.10. The minimum Gasteiger partial charge on any atom is -0.481 e. The maximum atomic E-state index is 12.5. The molecule has 0 aromatic carbocycles. The Morgan fingerprint density at radius 3 is 2.20 bits per heavy atom. The van der Waals surface area contributed by atoms with Gasteiger partial charge in [-0.2, -0.15) is 0 Å². The first-order chi connectivity index (χ1) is 9.65. The van der Waals surface area contributed by atoms with E-state index in [2.05, 4.69) is 10.2 Å². The van der Waals surface area contributed by atoms with Crippen molar-refractivity contribution in [2.24, 2.45) is 17.8 Å². The number of hydrogen-bond donors (Lipinski definition) is 2. The monoisotopic (exact) mass is 280 g/mol. The summed E-state index contributed by atoms with van der Waals surface area (Å²) in [6.07, 6.45) is 5.61. The van der Waals surface area contributed by atoms with E-state index in [9.17, 15) is 14.7 Å². The van der Waals surface area contributed by atoms with Gasteiger partial charge in [0.1, 0.15) is 0 Å². The molecule has 4 fully saturated rings. The lowest BCUT2D eigenvalue weighted by Gasteiger charge is -2.45. The number of fused-ring (bicyclic) bond motifs is 3. The Kier molecular flexibility index (Phi) is 3.96. The van der Waals surface area contributed by atoms with Crippen molar-refractivity contribution in [2.75, 3.05) is 19.6 Å². The zero-order chi connectivity index (χ0) is 14.1. The van der Waals surface area contributed by atoms with Gasteiger partial charge < -0.3 is 15.3 Å². The number of rotatable bonds is 3. The van der Waals surface area contributed by atoms with Crippen LogP contribution >= 0.6 is 0 Å². The largest absolute Gasteiger partial charge is 0.481 e. The first kappa shape index (κ1) is 13.9. The third-order valence-electron chi connectivity index (χ3n) is 5.40. The van der Waals surface area contributed by atoms with Gasteiger partial charge in [-0.3, -0.25) is 9.59 Å². The third kappa shape index (κ3) is 2.68. The summed E-state index contributed by atoms with van der Waals surface area (Å²) in [6, 6.07) is 0.237. The van der Waals surface area contributed by atoms with Gasteiger partial charge in [-0.05, 0) is 44.7 Å². The standard InChI is InChI=1S/C15H24N2O3/c18-14(11-3-1-2-4-12(11)15(19)20)16-13-9-17-7-5-10(13)6-8-17/h10-13H,1-9H2,(H,16,18)(H,19,20). The maximum Gasteiger partial charge on any atom is 0.307 e. The van der Waals surface area contributed by atoms with E-state index in [4.69, 9.17) is 0 Å². The molecular weight excluding hydrogens is 256 g/mol. The van der Waals surface area contributed by atoms with Crippen LogP contribution in [0.15, 0.2) is 0 Å². The number of hydrogen-bond acceptors (Lipinski definition) is 3. The highest BCUT2D eigenvalue weighted by Gasteiger charge is 2.39. The molecule has 3 unspecified atom stereocenters. The molecule has 2 N–H and O–H groups in total. The van der Waals surface area contributed by atoms with Crippen LogP contribution in [0.2, 0.25) is 0 Å². The maximum absolute atomic E-state index is 12.5. The molecule has 0 aromatic rings. The number of aliphatic carboxylic acids is 1. The lowest BCUT2D eigenvalue weighted by molar-refractivity contribution is -0.149. The molecule has 3 atom stereocenters. The number of nitrogens with zero attached hydrogens (tertiary/aromatic N) is 1. The van der Waals surface area contributed by atoms with Crippen molar-refractivity contribution in [3.63, 3.8) is 0 Å². The molecule has 112 valence electrons. The van der Waals surface area contributed by atoms with Crippen molar-refractivity contribution in [1.82, 2.24) is 10.2 Å². The lowest BCUT2D eigenvalue weighted by Crippen LogP contribution is -2.58. The summed E-state index contributed by atoms with van der Waals surface area (Å²) in [7, 11) is 0. The fraction of sp³-hybridized carbons (Fsp3) is 0.867. The summed E-state index contributed by atoms with van der Waals surface area (Å²) < 4.78 is 0. The van der Waals surface area contributed by atoms with E-state index < -0.39 is 11.9 Å². The Bertz CT molecular complexity index is 391. The summed E-state index contributed by atoms with van der Waals surface area (Å²) in [4.78, 5) is 26.2. The van der Waals surface area contributed by atoms with E-state index in [1.54, 1.807) is 0 Å². The second-order valence-corrected chi connectivity index (χ2v) is 6.59. The summed E-state index contributed by atoms with van der Waals surface area (Å²) in [5.74, 6) is -1.04. The second kappa shape index (κ2) is 5.72. The van der Waals surface area contributed by atoms with Crippen LogP contribution in [0.1, 0.15) is 38.5 Å². The van der Waals surface area contributed by atoms with Gasteiger partial charge >= 0.3 is 5.97 Å². The van der Waals surface area contributed by atoms with Crippen LogP contribution < -0.4 is 5.32 Å². The highest BCUT2D eigenvalue weighted by atomic mass is 16.4.